The van der Waals surface area contributed by atoms with E-state index in [-0.39, 0.29) is 0 Å². The molecule has 1 N–H and O–H groups in total. The third-order valence-electron chi connectivity index (χ3n) is 3.63. The van der Waals surface area contributed by atoms with E-state index >= 15 is 0 Å². The number of rotatable bonds is 2. The van der Waals surface area contributed by atoms with Crippen LogP contribution in [-0.4, -0.2) is 32.7 Å². The van der Waals surface area contributed by atoms with Crippen LogP contribution in [0.15, 0.2) is 36.5 Å². The molecule has 22 heavy (non-hydrogen) atoms. The lowest BCUT2D eigenvalue weighted by Gasteiger charge is -2.18. The molecule has 0 amide bonds. The molecule has 0 aliphatic carbocycles. The van der Waals surface area contributed by atoms with Crippen LogP contribution in [0.25, 0.3) is 11.2 Å². The molecule has 0 bridgehead atoms. The zero-order valence-corrected chi connectivity index (χ0v) is 11.7. The topological polar surface area (TPSA) is 81.9 Å². The quantitative estimate of drug-likeness (QED) is 0.721. The zero-order valence-electron chi connectivity index (χ0n) is 11.7. The summed E-state index contributed by atoms with van der Waals surface area (Å²) >= 11 is 0. The van der Waals surface area contributed by atoms with Crippen LogP contribution in [0.4, 0.5) is 5.69 Å². The van der Waals surface area contributed by atoms with Gasteiger partial charge in [0.05, 0.1) is 5.56 Å². The summed E-state index contributed by atoms with van der Waals surface area (Å²) in [6.45, 7) is 0.920. The maximum atomic E-state index is 12.3. The van der Waals surface area contributed by atoms with Crippen LogP contribution in [0.3, 0.4) is 0 Å². The molecule has 0 unspecified atom stereocenters. The van der Waals surface area contributed by atoms with Gasteiger partial charge in [0.2, 0.25) is 5.65 Å². The van der Waals surface area contributed by atoms with E-state index in [0.29, 0.717) is 16.7 Å². The van der Waals surface area contributed by atoms with Crippen LogP contribution in [0, 0.1) is 0 Å². The van der Waals surface area contributed by atoms with Gasteiger partial charge < -0.3 is 10.2 Å². The van der Waals surface area contributed by atoms with Crippen LogP contribution in [0.1, 0.15) is 22.3 Å². The van der Waals surface area contributed by atoms with Gasteiger partial charge in [0, 0.05) is 18.4 Å². The number of carbonyl (C=O) groups is 1. The standard InChI is InChI=1S/C15H13N5O2/c21-15(11-6-5-10-3-1-7-16-13(10)9-11)22-20-14-12(18-19-20)4-2-8-17-14/h2,4-6,8-9,16H,1,3,7H2. The summed E-state index contributed by atoms with van der Waals surface area (Å²) < 4.78 is 0. The number of pyridine rings is 1. The first-order valence-electron chi connectivity index (χ1n) is 7.07. The number of hydrogen-bond acceptors (Lipinski definition) is 6. The highest BCUT2D eigenvalue weighted by Crippen LogP contribution is 2.23. The molecule has 0 saturated carbocycles. The van der Waals surface area contributed by atoms with Crippen molar-refractivity contribution in [1.82, 2.24) is 20.1 Å². The Morgan fingerprint density at radius 2 is 2.27 bits per heavy atom. The minimum atomic E-state index is -0.493. The number of anilines is 1. The molecule has 0 fully saturated rings. The van der Waals surface area contributed by atoms with Gasteiger partial charge in [-0.2, -0.15) is 0 Å². The van der Waals surface area contributed by atoms with Gasteiger partial charge in [-0.3, -0.25) is 0 Å². The largest absolute Gasteiger partial charge is 0.385 e. The number of nitrogens with one attached hydrogen (secondary N) is 1. The van der Waals surface area contributed by atoms with Crippen molar-refractivity contribution in [3.63, 3.8) is 0 Å². The molecule has 0 saturated heterocycles. The molecule has 0 radical (unpaired) electrons. The van der Waals surface area contributed by atoms with Crippen LogP contribution in [0.5, 0.6) is 0 Å². The molecule has 0 atom stereocenters. The normalized spacial score (nSPS) is 13.5. The minimum Gasteiger partial charge on any atom is -0.385 e. The second kappa shape index (κ2) is 5.10. The molecular weight excluding hydrogens is 282 g/mol. The lowest BCUT2D eigenvalue weighted by molar-refractivity contribution is 0.0405. The van der Waals surface area contributed by atoms with Gasteiger partial charge in [-0.05, 0) is 52.7 Å². The van der Waals surface area contributed by atoms with E-state index in [1.54, 1.807) is 24.4 Å². The third kappa shape index (κ3) is 2.16. The fraction of sp³-hybridized carbons (Fsp3) is 0.200. The molecule has 7 heteroatoms. The van der Waals surface area contributed by atoms with E-state index < -0.39 is 5.97 Å². The van der Waals surface area contributed by atoms with E-state index in [0.717, 1.165) is 29.9 Å². The Labute approximate surface area is 125 Å². The molecular formula is C15H13N5O2. The molecule has 0 spiro atoms. The van der Waals surface area contributed by atoms with E-state index in [1.165, 1.54) is 5.56 Å². The molecule has 4 rings (SSSR count). The number of nitrogens with zero attached hydrogens (tertiary/aromatic N) is 4. The summed E-state index contributed by atoms with van der Waals surface area (Å²) in [5.41, 5.74) is 3.65. The fourth-order valence-electron chi connectivity index (χ4n) is 2.53. The smallest absolute Gasteiger partial charge is 0.365 e. The number of carbonyl (C=O) groups excluding carboxylic acids is 1. The van der Waals surface area contributed by atoms with Crippen LogP contribution in [0.2, 0.25) is 0 Å². The summed E-state index contributed by atoms with van der Waals surface area (Å²) in [6.07, 6.45) is 3.72. The Bertz CT molecular complexity index is 858. The zero-order chi connectivity index (χ0) is 14.9. The molecule has 1 aliphatic rings. The summed E-state index contributed by atoms with van der Waals surface area (Å²) in [7, 11) is 0. The maximum Gasteiger partial charge on any atom is 0.365 e. The first-order chi connectivity index (χ1) is 10.8. The lowest BCUT2D eigenvalue weighted by Crippen LogP contribution is -2.22. The predicted molar refractivity (Wildman–Crippen MR) is 79.5 cm³/mol. The van der Waals surface area contributed by atoms with Crippen molar-refractivity contribution in [3.05, 3.63) is 47.7 Å². The monoisotopic (exact) mass is 295 g/mol. The van der Waals surface area contributed by atoms with E-state index in [2.05, 4.69) is 20.6 Å². The third-order valence-corrected chi connectivity index (χ3v) is 3.63. The number of hydrogen-bond donors (Lipinski definition) is 1. The Kier molecular flexibility index (Phi) is 2.96. The van der Waals surface area contributed by atoms with Gasteiger partial charge in [0.15, 0.2) is 0 Å². The fourth-order valence-corrected chi connectivity index (χ4v) is 2.53. The van der Waals surface area contributed by atoms with Crippen molar-refractivity contribution in [2.24, 2.45) is 0 Å². The number of aryl methyl sites for hydroxylation is 1. The van der Waals surface area contributed by atoms with Gasteiger partial charge in [-0.25, -0.2) is 9.78 Å². The van der Waals surface area contributed by atoms with Crippen LogP contribution in [-0.2, 0) is 6.42 Å². The highest BCUT2D eigenvalue weighted by atomic mass is 16.7. The van der Waals surface area contributed by atoms with Gasteiger partial charge in [-0.1, -0.05) is 6.07 Å². The highest BCUT2D eigenvalue weighted by molar-refractivity contribution is 5.91. The van der Waals surface area contributed by atoms with Gasteiger partial charge in [-0.15, -0.1) is 5.10 Å². The lowest BCUT2D eigenvalue weighted by atomic mass is 10.0. The Morgan fingerprint density at radius 1 is 1.32 bits per heavy atom. The van der Waals surface area contributed by atoms with Gasteiger partial charge in [0.1, 0.15) is 5.52 Å². The van der Waals surface area contributed by atoms with Gasteiger partial charge in [0.25, 0.3) is 0 Å². The van der Waals surface area contributed by atoms with Crippen molar-refractivity contribution in [1.29, 1.82) is 0 Å². The molecule has 1 aliphatic heterocycles. The average molecular weight is 295 g/mol. The summed E-state index contributed by atoms with van der Waals surface area (Å²) in [6, 6.07) is 9.03. The van der Waals surface area contributed by atoms with Crippen molar-refractivity contribution in [2.75, 3.05) is 11.9 Å². The molecule has 110 valence electrons. The summed E-state index contributed by atoms with van der Waals surface area (Å²) in [5, 5.41) is 11.0. The van der Waals surface area contributed by atoms with E-state index in [9.17, 15) is 4.79 Å². The number of benzene rings is 1. The van der Waals surface area contributed by atoms with Crippen molar-refractivity contribution >= 4 is 22.8 Å². The van der Waals surface area contributed by atoms with Gasteiger partial charge >= 0.3 is 5.97 Å². The first-order valence-corrected chi connectivity index (χ1v) is 7.07. The first kappa shape index (κ1) is 12.8. The molecule has 3 heterocycles. The molecule has 2 aromatic heterocycles. The van der Waals surface area contributed by atoms with E-state index in [4.69, 9.17) is 4.84 Å². The molecule has 7 nitrogen and oxygen atoms in total. The maximum absolute atomic E-state index is 12.3. The van der Waals surface area contributed by atoms with Crippen molar-refractivity contribution in [2.45, 2.75) is 12.8 Å². The second-order valence-corrected chi connectivity index (χ2v) is 5.09. The van der Waals surface area contributed by atoms with Crippen LogP contribution < -0.4 is 10.2 Å². The average Bonchev–Trinajstić information content (AvgIpc) is 2.97. The van der Waals surface area contributed by atoms with E-state index in [1.807, 2.05) is 12.1 Å². The Morgan fingerprint density at radius 3 is 3.23 bits per heavy atom. The SMILES string of the molecule is O=C(On1nnc2cccnc21)c1ccc2c(c1)NCCC2. The highest BCUT2D eigenvalue weighted by Gasteiger charge is 2.16. The van der Waals surface area contributed by atoms with Crippen LogP contribution >= 0.6 is 0 Å². The summed E-state index contributed by atoms with van der Waals surface area (Å²) in [4.78, 5) is 22.7. The van der Waals surface area contributed by atoms with Crippen molar-refractivity contribution < 1.29 is 9.63 Å². The molecule has 3 aromatic rings. The second-order valence-electron chi connectivity index (χ2n) is 5.09. The number of fused-ring (bicyclic) bond motifs is 2. The predicted octanol–water partition coefficient (Wildman–Crippen LogP) is 1.45. The van der Waals surface area contributed by atoms with Crippen molar-refractivity contribution in [3.8, 4) is 0 Å². The Hall–Kier alpha value is -2.96. The minimum absolute atomic E-state index is 0.409. The Balaban J connectivity index is 1.62. The number of aromatic nitrogens is 4. The summed E-state index contributed by atoms with van der Waals surface area (Å²) in [5.74, 6) is -0.493. The molecule has 1 aromatic carbocycles.